The number of hydrogen-bond donors (Lipinski definition) is 1. The van der Waals surface area contributed by atoms with Gasteiger partial charge in [0.25, 0.3) is 0 Å². The van der Waals surface area contributed by atoms with Gasteiger partial charge in [0.05, 0.1) is 31.6 Å². The highest BCUT2D eigenvalue weighted by Gasteiger charge is 2.20. The second-order valence-electron chi connectivity index (χ2n) is 11.7. The molecule has 250 valence electrons. The van der Waals surface area contributed by atoms with Crippen LogP contribution in [0.5, 0.6) is 0 Å². The number of carbonyl (C=O) groups is 4. The fourth-order valence-electron chi connectivity index (χ4n) is 5.67. The summed E-state index contributed by atoms with van der Waals surface area (Å²) in [6.07, 6.45) is 10.6. The zero-order valence-electron chi connectivity index (χ0n) is 26.9. The van der Waals surface area contributed by atoms with Crippen LogP contribution in [0.3, 0.4) is 0 Å². The number of piperidine rings is 2. The Kier molecular flexibility index (Phi) is 11.2. The predicted octanol–water partition coefficient (Wildman–Crippen LogP) is 5.86. The van der Waals surface area contributed by atoms with Crippen LogP contribution in [0.2, 0.25) is 0 Å². The van der Waals surface area contributed by atoms with Crippen LogP contribution < -0.4 is 9.80 Å². The van der Waals surface area contributed by atoms with Crippen molar-refractivity contribution in [1.29, 1.82) is 0 Å². The number of Topliss-reactive ketones (excluding diaryl/α,β-unsaturated/α-hetero) is 2. The molecule has 6 heterocycles. The number of hydrogen-bond acceptors (Lipinski definition) is 11. The number of rotatable bonds is 10. The van der Waals surface area contributed by atoms with E-state index in [1.807, 2.05) is 10.8 Å². The summed E-state index contributed by atoms with van der Waals surface area (Å²) in [4.78, 5) is 60.3. The first kappa shape index (κ1) is 34.0. The summed E-state index contributed by atoms with van der Waals surface area (Å²) < 4.78 is 8.12. The van der Waals surface area contributed by atoms with Gasteiger partial charge in [-0.2, -0.15) is 0 Å². The first-order valence-electron chi connectivity index (χ1n) is 15.8. The van der Waals surface area contributed by atoms with Crippen LogP contribution in [0.1, 0.15) is 105 Å². The summed E-state index contributed by atoms with van der Waals surface area (Å²) in [5, 5.41) is 15.3. The Balaban J connectivity index is 0.000000185. The van der Waals surface area contributed by atoms with Gasteiger partial charge in [-0.05, 0) is 64.5 Å². The number of ether oxygens (including phenoxy) is 1. The van der Waals surface area contributed by atoms with Crippen LogP contribution >= 0.6 is 22.7 Å². The summed E-state index contributed by atoms with van der Waals surface area (Å²) in [6, 6.07) is 2.99. The van der Waals surface area contributed by atoms with Gasteiger partial charge in [0.1, 0.15) is 11.4 Å². The van der Waals surface area contributed by atoms with E-state index in [-0.39, 0.29) is 17.3 Å². The van der Waals surface area contributed by atoms with Gasteiger partial charge in [0.2, 0.25) is 0 Å². The number of carboxylic acids is 1. The smallest absolute Gasteiger partial charge is 0.354 e. The molecule has 0 spiro atoms. The molecule has 0 aliphatic carbocycles. The zero-order chi connectivity index (χ0) is 33.5. The first-order chi connectivity index (χ1) is 22.6. The first-order valence-corrected chi connectivity index (χ1v) is 17.5. The molecule has 0 saturated carbocycles. The van der Waals surface area contributed by atoms with E-state index in [4.69, 9.17) is 9.72 Å². The van der Waals surface area contributed by atoms with Crippen LogP contribution in [0, 0.1) is 0 Å². The Morgan fingerprint density at radius 1 is 0.723 bits per heavy atom. The average molecular weight is 681 g/mol. The Labute approximate surface area is 281 Å². The van der Waals surface area contributed by atoms with Crippen molar-refractivity contribution in [3.05, 3.63) is 69.2 Å². The highest BCUT2D eigenvalue weighted by molar-refractivity contribution is 7.14. The number of aromatic carboxylic acids is 1. The van der Waals surface area contributed by atoms with Gasteiger partial charge < -0.3 is 28.8 Å². The lowest BCUT2D eigenvalue weighted by Gasteiger charge is -2.25. The van der Waals surface area contributed by atoms with Crippen LogP contribution in [-0.4, -0.2) is 81.0 Å². The number of carbonyl (C=O) groups excluding carboxylic acids is 3. The SMILES string of the molecule is CC(=O)c1cc(C(=O)O)n(Cc2csc(N3CCCCC3)n2)c1.COC(=O)c1cc(C(C)=O)cn1Cc1csc(N2CCCCC2)n1. The molecule has 47 heavy (non-hydrogen) atoms. The number of anilines is 2. The highest BCUT2D eigenvalue weighted by atomic mass is 32.1. The van der Waals surface area contributed by atoms with Crippen LogP contribution in [0.15, 0.2) is 35.3 Å². The van der Waals surface area contributed by atoms with Crippen LogP contribution in [0.25, 0.3) is 0 Å². The van der Waals surface area contributed by atoms with Crippen LogP contribution in [0.4, 0.5) is 10.3 Å². The van der Waals surface area contributed by atoms with Gasteiger partial charge in [-0.1, -0.05) is 0 Å². The molecule has 0 bridgehead atoms. The summed E-state index contributed by atoms with van der Waals surface area (Å²) >= 11 is 3.22. The fourth-order valence-corrected chi connectivity index (χ4v) is 7.41. The lowest BCUT2D eigenvalue weighted by molar-refractivity contribution is 0.0588. The molecule has 12 nitrogen and oxygen atoms in total. The summed E-state index contributed by atoms with van der Waals surface area (Å²) in [6.45, 7) is 7.90. The number of carboxylic acid groups (broad SMARTS) is 1. The number of methoxy groups -OCH3 is 1. The van der Waals surface area contributed by atoms with Crippen molar-refractivity contribution in [2.24, 2.45) is 0 Å². The summed E-state index contributed by atoms with van der Waals surface area (Å²) in [5.74, 6) is -1.71. The number of ketones is 2. The molecule has 4 aromatic rings. The maximum Gasteiger partial charge on any atom is 0.354 e. The predicted molar refractivity (Wildman–Crippen MR) is 182 cm³/mol. The van der Waals surface area contributed by atoms with E-state index in [1.165, 1.54) is 65.5 Å². The van der Waals surface area contributed by atoms with Crippen molar-refractivity contribution in [1.82, 2.24) is 19.1 Å². The molecule has 0 aromatic carbocycles. The molecule has 6 rings (SSSR count). The van der Waals surface area contributed by atoms with Crippen molar-refractivity contribution in [2.45, 2.75) is 65.5 Å². The van der Waals surface area contributed by atoms with E-state index in [1.54, 1.807) is 50.3 Å². The molecule has 2 fully saturated rings. The molecule has 1 N–H and O–H groups in total. The highest BCUT2D eigenvalue weighted by Crippen LogP contribution is 2.26. The van der Waals surface area contributed by atoms with Gasteiger partial charge in [-0.15, -0.1) is 22.7 Å². The normalized spacial score (nSPS) is 14.8. The quantitative estimate of drug-likeness (QED) is 0.160. The molecule has 2 saturated heterocycles. The maximum atomic E-state index is 11.9. The number of aromatic nitrogens is 4. The average Bonchev–Trinajstić information content (AvgIpc) is 3.89. The van der Waals surface area contributed by atoms with Gasteiger partial charge in [-0.25, -0.2) is 19.6 Å². The van der Waals surface area contributed by atoms with E-state index in [0.717, 1.165) is 47.8 Å². The van der Waals surface area contributed by atoms with Crippen molar-refractivity contribution in [2.75, 3.05) is 43.1 Å². The number of thiazole rings is 2. The molecule has 14 heteroatoms. The van der Waals surface area contributed by atoms with Crippen molar-refractivity contribution in [3.8, 4) is 0 Å². The molecule has 0 radical (unpaired) electrons. The van der Waals surface area contributed by atoms with E-state index in [9.17, 15) is 24.3 Å². The van der Waals surface area contributed by atoms with E-state index in [0.29, 0.717) is 29.9 Å². The summed E-state index contributed by atoms with van der Waals surface area (Å²) in [7, 11) is 1.34. The van der Waals surface area contributed by atoms with E-state index >= 15 is 0 Å². The number of nitrogens with zero attached hydrogens (tertiary/aromatic N) is 6. The summed E-state index contributed by atoms with van der Waals surface area (Å²) in [5.41, 5.74) is 3.11. The molecule has 0 atom stereocenters. The second kappa shape index (κ2) is 15.5. The van der Waals surface area contributed by atoms with E-state index in [2.05, 4.69) is 14.8 Å². The topological polar surface area (TPSA) is 140 Å². The second-order valence-corrected chi connectivity index (χ2v) is 13.4. The zero-order valence-corrected chi connectivity index (χ0v) is 28.6. The Morgan fingerprint density at radius 2 is 1.15 bits per heavy atom. The third-order valence-electron chi connectivity index (χ3n) is 8.22. The third-order valence-corrected chi connectivity index (χ3v) is 10.1. The maximum absolute atomic E-state index is 11.9. The lowest BCUT2D eigenvalue weighted by Crippen LogP contribution is -2.29. The van der Waals surface area contributed by atoms with Crippen molar-refractivity contribution in [3.63, 3.8) is 0 Å². The van der Waals surface area contributed by atoms with E-state index < -0.39 is 11.9 Å². The standard InChI is InChI=1S/C17H21N3O3S.C16H19N3O3S/c1-12(21)13-8-15(16(22)23-2)20(9-13)10-14-11-24-17(18-14)19-6-4-3-5-7-19;1-11(20)12-7-14(15(21)22)19(8-12)9-13-10-23-16(17-13)18-5-3-2-4-6-18/h8-9,11H,3-7,10H2,1-2H3;7-8,10H,2-6,9H2,1H3,(H,21,22). The largest absolute Gasteiger partial charge is 0.477 e. The molecular weight excluding hydrogens is 641 g/mol. The minimum absolute atomic E-state index is 0.0776. The third kappa shape index (κ3) is 8.55. The van der Waals surface area contributed by atoms with Gasteiger partial charge in [0, 0.05) is 60.5 Å². The molecule has 0 unspecified atom stereocenters. The molecule has 2 aliphatic heterocycles. The molecular formula is C33H40N6O6S2. The Morgan fingerprint density at radius 3 is 1.55 bits per heavy atom. The molecule has 4 aromatic heterocycles. The Hall–Kier alpha value is -4.30. The minimum Gasteiger partial charge on any atom is -0.477 e. The van der Waals surface area contributed by atoms with Crippen molar-refractivity contribution >= 4 is 56.4 Å². The monoisotopic (exact) mass is 680 g/mol. The van der Waals surface area contributed by atoms with Gasteiger partial charge >= 0.3 is 11.9 Å². The van der Waals surface area contributed by atoms with Crippen LogP contribution in [-0.2, 0) is 17.8 Å². The Bertz CT molecular complexity index is 1720. The lowest BCUT2D eigenvalue weighted by atomic mass is 10.1. The van der Waals surface area contributed by atoms with Gasteiger partial charge in [0.15, 0.2) is 21.8 Å². The number of esters is 1. The fraction of sp³-hybridized carbons (Fsp3) is 0.455. The molecule has 0 amide bonds. The molecule has 2 aliphatic rings. The van der Waals surface area contributed by atoms with Gasteiger partial charge in [-0.3, -0.25) is 9.59 Å². The minimum atomic E-state index is -1.04. The van der Waals surface area contributed by atoms with Crippen molar-refractivity contribution < 1.29 is 29.0 Å².